The summed E-state index contributed by atoms with van der Waals surface area (Å²) >= 11 is 0. The molecule has 0 radical (unpaired) electrons. The molecule has 1 aliphatic heterocycles. The van der Waals surface area contributed by atoms with E-state index in [-0.39, 0.29) is 5.82 Å². The molecule has 0 N–H and O–H groups in total. The number of anilines is 6. The fourth-order valence-corrected chi connectivity index (χ4v) is 12.1. The average Bonchev–Trinajstić information content (AvgIpc) is 3.30. The minimum Gasteiger partial charge on any atom is -0.311 e. The predicted molar refractivity (Wildman–Crippen MR) is 251 cm³/mol. The van der Waals surface area contributed by atoms with Gasteiger partial charge in [0.25, 0.3) is 0 Å². The molecule has 0 bridgehead atoms. The Kier molecular flexibility index (Phi) is 9.20. The molecule has 0 saturated carbocycles. The van der Waals surface area contributed by atoms with Crippen molar-refractivity contribution in [3.8, 4) is 39.4 Å². The van der Waals surface area contributed by atoms with Gasteiger partial charge in [-0.1, -0.05) is 140 Å². The van der Waals surface area contributed by atoms with Gasteiger partial charge in [0, 0.05) is 33.7 Å². The highest BCUT2D eigenvalue weighted by molar-refractivity contribution is 7.03. The Bertz CT molecular complexity index is 3030. The van der Waals surface area contributed by atoms with Gasteiger partial charge in [0.15, 0.2) is 0 Å². The van der Waals surface area contributed by atoms with Gasteiger partial charge >= 0.3 is 0 Å². The van der Waals surface area contributed by atoms with Crippen LogP contribution in [0.25, 0.3) is 44.2 Å². The van der Waals surface area contributed by atoms with Crippen LogP contribution in [0.15, 0.2) is 206 Å². The molecule has 286 valence electrons. The SMILES string of the molecule is C[Si]1(C)c2cc(N(c3ccccc3)c3ccccc3)ccc2-c2ccc(N(c3ccc(C#N)cc3)c3c(F)cc(-c4ccccc4)cc3-c3ccccc3)c3cccc1c23. The summed E-state index contributed by atoms with van der Waals surface area (Å²) < 4.78 is 17.5. The number of fused-ring (bicyclic) bond motifs is 2. The normalized spacial score (nSPS) is 12.4. The Morgan fingerprint density at radius 2 is 1.02 bits per heavy atom. The lowest BCUT2D eigenvalue weighted by Gasteiger charge is -2.37. The molecular weight excluding hydrogens is 750 g/mol. The third kappa shape index (κ3) is 6.26. The topological polar surface area (TPSA) is 30.3 Å². The van der Waals surface area contributed by atoms with E-state index in [9.17, 15) is 5.26 Å². The molecule has 3 nitrogen and oxygen atoms in total. The van der Waals surface area contributed by atoms with Gasteiger partial charge in [-0.3, -0.25) is 0 Å². The molecule has 1 aliphatic rings. The highest BCUT2D eigenvalue weighted by Crippen LogP contribution is 2.48. The molecule has 0 amide bonds. The summed E-state index contributed by atoms with van der Waals surface area (Å²) in [6.07, 6.45) is 0. The minimum atomic E-state index is -2.34. The summed E-state index contributed by atoms with van der Waals surface area (Å²) in [5.41, 5.74) is 11.8. The van der Waals surface area contributed by atoms with E-state index in [0.29, 0.717) is 11.3 Å². The fourth-order valence-electron chi connectivity index (χ4n) is 9.04. The third-order valence-electron chi connectivity index (χ3n) is 11.9. The molecule has 9 aromatic rings. The van der Waals surface area contributed by atoms with E-state index >= 15 is 4.39 Å². The predicted octanol–water partition coefficient (Wildman–Crippen LogP) is 13.9. The molecule has 0 aromatic heterocycles. The maximum atomic E-state index is 17.5. The van der Waals surface area contributed by atoms with Gasteiger partial charge in [0.2, 0.25) is 0 Å². The summed E-state index contributed by atoms with van der Waals surface area (Å²) in [6, 6.07) is 72.6. The zero-order chi connectivity index (χ0) is 40.8. The van der Waals surface area contributed by atoms with E-state index < -0.39 is 8.07 Å². The molecule has 9 aromatic carbocycles. The smallest absolute Gasteiger partial charge is 0.148 e. The zero-order valence-electron chi connectivity index (χ0n) is 33.3. The number of nitrogens with zero attached hydrogens (tertiary/aromatic N) is 3. The van der Waals surface area contributed by atoms with Crippen molar-refractivity contribution in [3.63, 3.8) is 0 Å². The van der Waals surface area contributed by atoms with Gasteiger partial charge < -0.3 is 9.80 Å². The molecule has 0 fully saturated rings. The first-order valence-corrected chi connectivity index (χ1v) is 23.3. The molecule has 10 rings (SSSR count). The lowest BCUT2D eigenvalue weighted by molar-refractivity contribution is 0.630. The third-order valence-corrected chi connectivity index (χ3v) is 15.4. The number of nitriles is 1. The van der Waals surface area contributed by atoms with Crippen LogP contribution in [-0.2, 0) is 0 Å². The van der Waals surface area contributed by atoms with E-state index in [0.717, 1.165) is 56.1 Å². The first-order chi connectivity index (χ1) is 29.4. The summed E-state index contributed by atoms with van der Waals surface area (Å²) in [7, 11) is -2.34. The summed E-state index contributed by atoms with van der Waals surface area (Å²) in [6.45, 7) is 4.90. The highest BCUT2D eigenvalue weighted by Gasteiger charge is 2.37. The van der Waals surface area contributed by atoms with Gasteiger partial charge in [-0.15, -0.1) is 0 Å². The second-order valence-corrected chi connectivity index (χ2v) is 20.1. The number of benzene rings is 9. The Balaban J connectivity index is 1.20. The second kappa shape index (κ2) is 15.0. The van der Waals surface area contributed by atoms with Gasteiger partial charge in [0.05, 0.1) is 23.0 Å². The zero-order valence-corrected chi connectivity index (χ0v) is 34.3. The second-order valence-electron chi connectivity index (χ2n) is 15.8. The molecule has 0 atom stereocenters. The van der Waals surface area contributed by atoms with E-state index in [2.05, 4.69) is 144 Å². The minimum absolute atomic E-state index is 0.339. The van der Waals surface area contributed by atoms with Crippen LogP contribution < -0.4 is 20.2 Å². The molecule has 5 heteroatoms. The van der Waals surface area contributed by atoms with Crippen LogP contribution in [0.3, 0.4) is 0 Å². The Labute approximate surface area is 351 Å². The lowest BCUT2D eigenvalue weighted by atomic mass is 9.93. The maximum Gasteiger partial charge on any atom is 0.148 e. The number of para-hydroxylation sites is 2. The van der Waals surface area contributed by atoms with Gasteiger partial charge in [0.1, 0.15) is 13.9 Å². The standard InChI is InChI=1S/C55H40FN3Si/c1-60(2)52-25-15-24-48-51(33-32-47(54(48)52)46-31-30-45(36-53(46)60)58(42-20-11-5-12-21-42)43-22-13-6-14-23-43)59(44-28-26-38(37-57)27-29-44)55-49(40-18-9-4-10-19-40)34-41(35-50(55)56)39-16-7-3-8-17-39/h3-36H,1-2H3. The molecule has 0 unspecified atom stereocenters. The van der Waals surface area contributed by atoms with Crippen molar-refractivity contribution in [2.75, 3.05) is 9.80 Å². The van der Waals surface area contributed by atoms with Gasteiger partial charge in [-0.05, 0) is 122 Å². The monoisotopic (exact) mass is 789 g/mol. The van der Waals surface area contributed by atoms with Crippen molar-refractivity contribution in [1.82, 2.24) is 0 Å². The molecular formula is C55H40FN3Si. The van der Waals surface area contributed by atoms with Crippen LogP contribution in [-0.4, -0.2) is 8.07 Å². The summed E-state index contributed by atoms with van der Waals surface area (Å²) in [5.74, 6) is -0.339. The van der Waals surface area contributed by atoms with E-state index in [4.69, 9.17) is 0 Å². The molecule has 0 aliphatic carbocycles. The first kappa shape index (κ1) is 36.8. The van der Waals surface area contributed by atoms with Crippen molar-refractivity contribution in [2.45, 2.75) is 13.1 Å². The Morgan fingerprint density at radius 3 is 1.65 bits per heavy atom. The van der Waals surface area contributed by atoms with Crippen LogP contribution in [0.2, 0.25) is 13.1 Å². The maximum absolute atomic E-state index is 17.5. The van der Waals surface area contributed by atoms with Crippen LogP contribution in [0, 0.1) is 17.1 Å². The molecule has 60 heavy (non-hydrogen) atoms. The van der Waals surface area contributed by atoms with Crippen molar-refractivity contribution in [2.24, 2.45) is 0 Å². The van der Waals surface area contributed by atoms with Crippen molar-refractivity contribution in [3.05, 3.63) is 218 Å². The van der Waals surface area contributed by atoms with Crippen LogP contribution in [0.1, 0.15) is 5.56 Å². The Morgan fingerprint density at radius 1 is 0.450 bits per heavy atom. The quantitative estimate of drug-likeness (QED) is 0.144. The number of hydrogen-bond acceptors (Lipinski definition) is 3. The summed E-state index contributed by atoms with van der Waals surface area (Å²) in [5, 5.41) is 14.8. The highest BCUT2D eigenvalue weighted by atomic mass is 28.3. The van der Waals surface area contributed by atoms with Crippen LogP contribution >= 0.6 is 0 Å². The first-order valence-electron chi connectivity index (χ1n) is 20.3. The van der Waals surface area contributed by atoms with E-state index in [1.807, 2.05) is 84.9 Å². The molecule has 0 spiro atoms. The number of halogens is 1. The van der Waals surface area contributed by atoms with E-state index in [1.165, 1.54) is 26.9 Å². The van der Waals surface area contributed by atoms with Crippen LogP contribution in [0.4, 0.5) is 38.5 Å². The number of hydrogen-bond donors (Lipinski definition) is 0. The average molecular weight is 790 g/mol. The van der Waals surface area contributed by atoms with Crippen LogP contribution in [0.5, 0.6) is 0 Å². The Hall–Kier alpha value is -7.52. The molecule has 1 heterocycles. The lowest BCUT2D eigenvalue weighted by Crippen LogP contribution is -2.56. The largest absolute Gasteiger partial charge is 0.311 e. The van der Waals surface area contributed by atoms with Crippen molar-refractivity contribution in [1.29, 1.82) is 5.26 Å². The van der Waals surface area contributed by atoms with Crippen molar-refractivity contribution < 1.29 is 4.39 Å². The van der Waals surface area contributed by atoms with E-state index in [1.54, 1.807) is 6.07 Å². The summed E-state index contributed by atoms with van der Waals surface area (Å²) in [4.78, 5) is 4.39. The van der Waals surface area contributed by atoms with Gasteiger partial charge in [-0.25, -0.2) is 4.39 Å². The molecule has 0 saturated heterocycles. The number of rotatable bonds is 8. The fraction of sp³-hybridized carbons (Fsp3) is 0.0364. The van der Waals surface area contributed by atoms with Crippen molar-refractivity contribution >= 4 is 63.3 Å². The van der Waals surface area contributed by atoms with Gasteiger partial charge in [-0.2, -0.15) is 5.26 Å².